The Morgan fingerprint density at radius 1 is 1.14 bits per heavy atom. The van der Waals surface area contributed by atoms with Gasteiger partial charge in [-0.1, -0.05) is 26.8 Å². The van der Waals surface area contributed by atoms with Gasteiger partial charge in [-0.05, 0) is 52.4 Å². The van der Waals surface area contributed by atoms with Crippen LogP contribution in [0, 0.1) is 13.8 Å². The van der Waals surface area contributed by atoms with Crippen LogP contribution in [0.15, 0.2) is 29.9 Å². The number of hydrogen-bond acceptors (Lipinski definition) is 2. The van der Waals surface area contributed by atoms with Crippen LogP contribution in [0.5, 0.6) is 0 Å². The van der Waals surface area contributed by atoms with E-state index in [1.807, 2.05) is 6.33 Å². The average Bonchev–Trinajstić information content (AvgIpc) is 2.89. The summed E-state index contributed by atoms with van der Waals surface area (Å²) in [6, 6.07) is 6.78. The van der Waals surface area contributed by atoms with Crippen molar-refractivity contribution in [3.05, 3.63) is 46.6 Å². The summed E-state index contributed by atoms with van der Waals surface area (Å²) < 4.78 is 3.41. The number of hydrogen-bond donors (Lipinski definition) is 0. The molecule has 3 heteroatoms. The standard InChI is InChI=1S/C19H23N2S/c1-12-9-14(19(3,4)5)10-15(13(12)2)17-18-16(7-8-22-18)20-11-21(17)6/h7-11H,1-6H3/q+1. The molecule has 0 spiro atoms. The molecule has 0 N–H and O–H groups in total. The van der Waals surface area contributed by atoms with Gasteiger partial charge in [0.05, 0.1) is 7.05 Å². The minimum absolute atomic E-state index is 0.146. The zero-order valence-electron chi connectivity index (χ0n) is 14.2. The predicted molar refractivity (Wildman–Crippen MR) is 94.4 cm³/mol. The van der Waals surface area contributed by atoms with E-state index in [1.165, 1.54) is 32.6 Å². The fourth-order valence-corrected chi connectivity index (χ4v) is 3.74. The summed E-state index contributed by atoms with van der Waals surface area (Å²) in [6.45, 7) is 11.2. The summed E-state index contributed by atoms with van der Waals surface area (Å²) >= 11 is 1.77. The van der Waals surface area contributed by atoms with Crippen LogP contribution in [-0.4, -0.2) is 4.98 Å². The molecule has 0 atom stereocenters. The van der Waals surface area contributed by atoms with Crippen LogP contribution in [0.1, 0.15) is 37.5 Å². The number of aromatic nitrogens is 2. The van der Waals surface area contributed by atoms with Crippen molar-refractivity contribution in [3.8, 4) is 11.3 Å². The third-order valence-electron chi connectivity index (χ3n) is 4.37. The smallest absolute Gasteiger partial charge is 0.231 e. The molecule has 2 nitrogen and oxygen atoms in total. The van der Waals surface area contributed by atoms with Crippen molar-refractivity contribution in [1.29, 1.82) is 0 Å². The Kier molecular flexibility index (Phi) is 3.56. The average molecular weight is 311 g/mol. The van der Waals surface area contributed by atoms with Crippen LogP contribution in [0.25, 0.3) is 21.5 Å². The highest BCUT2D eigenvalue weighted by Gasteiger charge is 2.22. The van der Waals surface area contributed by atoms with E-state index in [2.05, 4.69) is 74.8 Å². The van der Waals surface area contributed by atoms with Crippen molar-refractivity contribution in [2.45, 2.75) is 40.0 Å². The Bertz CT molecular complexity index is 854. The van der Waals surface area contributed by atoms with E-state index in [0.717, 1.165) is 5.52 Å². The zero-order valence-corrected chi connectivity index (χ0v) is 15.0. The third kappa shape index (κ3) is 2.44. The molecule has 114 valence electrons. The van der Waals surface area contributed by atoms with Gasteiger partial charge in [0.2, 0.25) is 0 Å². The number of rotatable bonds is 1. The predicted octanol–water partition coefficient (Wildman–Crippen LogP) is 4.70. The van der Waals surface area contributed by atoms with Crippen LogP contribution in [0.4, 0.5) is 0 Å². The van der Waals surface area contributed by atoms with Gasteiger partial charge in [-0.2, -0.15) is 0 Å². The molecule has 0 aliphatic heterocycles. The van der Waals surface area contributed by atoms with E-state index in [1.54, 1.807) is 11.3 Å². The SMILES string of the molecule is Cc1cc(C(C)(C)C)cc(-c2c3sccc3nc[n+]2C)c1C. The molecule has 0 amide bonds. The molecule has 3 aromatic rings. The summed E-state index contributed by atoms with van der Waals surface area (Å²) in [6.07, 6.45) is 1.92. The van der Waals surface area contributed by atoms with Crippen molar-refractivity contribution < 1.29 is 4.57 Å². The molecule has 0 aliphatic rings. The fourth-order valence-electron chi connectivity index (χ4n) is 2.80. The van der Waals surface area contributed by atoms with E-state index in [0.29, 0.717) is 0 Å². The van der Waals surface area contributed by atoms with E-state index >= 15 is 0 Å². The summed E-state index contributed by atoms with van der Waals surface area (Å²) in [5.74, 6) is 0. The second-order valence-electron chi connectivity index (χ2n) is 7.05. The molecule has 22 heavy (non-hydrogen) atoms. The first-order chi connectivity index (χ1) is 10.3. The summed E-state index contributed by atoms with van der Waals surface area (Å²) in [5, 5.41) is 2.12. The van der Waals surface area contributed by atoms with E-state index in [-0.39, 0.29) is 5.41 Å². The van der Waals surface area contributed by atoms with Crippen molar-refractivity contribution in [3.63, 3.8) is 0 Å². The number of thiophene rings is 1. The summed E-state index contributed by atoms with van der Waals surface area (Å²) in [7, 11) is 2.08. The molecular formula is C19H23N2S+. The quantitative estimate of drug-likeness (QED) is 0.595. The second-order valence-corrected chi connectivity index (χ2v) is 7.97. The molecule has 0 aliphatic carbocycles. The lowest BCUT2D eigenvalue weighted by Gasteiger charge is -2.22. The van der Waals surface area contributed by atoms with Crippen LogP contribution in [-0.2, 0) is 12.5 Å². The largest absolute Gasteiger partial charge is 0.287 e. The van der Waals surface area contributed by atoms with E-state index < -0.39 is 0 Å². The lowest BCUT2D eigenvalue weighted by Crippen LogP contribution is -2.31. The van der Waals surface area contributed by atoms with Crippen LogP contribution < -0.4 is 4.57 Å². The molecule has 2 heterocycles. The van der Waals surface area contributed by atoms with E-state index in [9.17, 15) is 0 Å². The van der Waals surface area contributed by atoms with Crippen LogP contribution >= 0.6 is 11.3 Å². The van der Waals surface area contributed by atoms with Crippen molar-refractivity contribution in [2.75, 3.05) is 0 Å². The van der Waals surface area contributed by atoms with Crippen LogP contribution in [0.2, 0.25) is 0 Å². The van der Waals surface area contributed by atoms with Gasteiger partial charge in [0.1, 0.15) is 4.70 Å². The zero-order chi connectivity index (χ0) is 16.1. The normalized spacial score (nSPS) is 12.1. The van der Waals surface area contributed by atoms with Gasteiger partial charge in [-0.3, -0.25) is 0 Å². The van der Waals surface area contributed by atoms with Crippen LogP contribution in [0.3, 0.4) is 0 Å². The first kappa shape index (κ1) is 15.2. The van der Waals surface area contributed by atoms with Crippen molar-refractivity contribution >= 4 is 21.6 Å². The Morgan fingerprint density at radius 3 is 2.55 bits per heavy atom. The Labute approximate surface area is 136 Å². The van der Waals surface area contributed by atoms with Gasteiger partial charge in [0.15, 0.2) is 11.2 Å². The summed E-state index contributed by atoms with van der Waals surface area (Å²) in [5.41, 5.74) is 7.90. The highest BCUT2D eigenvalue weighted by atomic mass is 32.1. The second kappa shape index (κ2) is 5.17. The molecule has 0 saturated carbocycles. The van der Waals surface area contributed by atoms with Crippen molar-refractivity contribution in [2.24, 2.45) is 7.05 Å². The lowest BCUT2D eigenvalue weighted by atomic mass is 9.83. The minimum atomic E-state index is 0.146. The maximum atomic E-state index is 4.52. The molecule has 0 saturated heterocycles. The van der Waals surface area contributed by atoms with Gasteiger partial charge < -0.3 is 0 Å². The molecule has 2 aromatic heterocycles. The molecule has 1 aromatic carbocycles. The third-order valence-corrected chi connectivity index (χ3v) is 5.28. The topological polar surface area (TPSA) is 16.8 Å². The number of benzene rings is 1. The number of aryl methyl sites for hydroxylation is 2. The Balaban J connectivity index is 2.38. The molecule has 0 radical (unpaired) electrons. The molecule has 0 bridgehead atoms. The van der Waals surface area contributed by atoms with Gasteiger partial charge in [-0.15, -0.1) is 11.3 Å². The van der Waals surface area contributed by atoms with Gasteiger partial charge >= 0.3 is 0 Å². The first-order valence-electron chi connectivity index (χ1n) is 7.63. The van der Waals surface area contributed by atoms with Crippen molar-refractivity contribution in [1.82, 2.24) is 4.98 Å². The van der Waals surface area contributed by atoms with E-state index in [4.69, 9.17) is 0 Å². The summed E-state index contributed by atoms with van der Waals surface area (Å²) in [4.78, 5) is 4.52. The van der Waals surface area contributed by atoms with Gasteiger partial charge in [0.25, 0.3) is 6.33 Å². The molecule has 0 fully saturated rings. The lowest BCUT2D eigenvalue weighted by molar-refractivity contribution is -0.662. The fraction of sp³-hybridized carbons (Fsp3) is 0.368. The van der Waals surface area contributed by atoms with Gasteiger partial charge in [-0.25, -0.2) is 4.57 Å². The minimum Gasteiger partial charge on any atom is -0.231 e. The number of nitrogens with zero attached hydrogens (tertiary/aromatic N) is 2. The Morgan fingerprint density at radius 2 is 1.86 bits per heavy atom. The maximum absolute atomic E-state index is 4.52. The highest BCUT2D eigenvalue weighted by molar-refractivity contribution is 7.17. The molecular weight excluding hydrogens is 288 g/mol. The highest BCUT2D eigenvalue weighted by Crippen LogP contribution is 2.35. The Hall–Kier alpha value is -1.74. The maximum Gasteiger partial charge on any atom is 0.287 e. The molecule has 0 unspecified atom stereocenters. The van der Waals surface area contributed by atoms with Gasteiger partial charge in [0, 0.05) is 11.6 Å². The number of fused-ring (bicyclic) bond motifs is 1. The first-order valence-corrected chi connectivity index (χ1v) is 8.51. The molecule has 3 rings (SSSR count). The monoisotopic (exact) mass is 311 g/mol.